The minimum absolute atomic E-state index is 0.400. The lowest BCUT2D eigenvalue weighted by atomic mass is 10.0. The molecule has 1 atom stereocenters. The maximum absolute atomic E-state index is 11.3. The fraction of sp³-hybridized carbons (Fsp3) is 0.238. The number of amides is 1. The van der Waals surface area contributed by atoms with Gasteiger partial charge in [0.1, 0.15) is 11.5 Å². The van der Waals surface area contributed by atoms with Crippen LogP contribution in [0.4, 0.5) is 4.79 Å². The van der Waals surface area contributed by atoms with E-state index in [1.54, 1.807) is 20.3 Å². The Morgan fingerprint density at radius 1 is 1.17 bits per heavy atom. The molecule has 0 radical (unpaired) electrons. The summed E-state index contributed by atoms with van der Waals surface area (Å²) >= 11 is 5.50. The van der Waals surface area contributed by atoms with Gasteiger partial charge in [0, 0.05) is 41.7 Å². The number of aromatic amines is 1. The highest BCUT2D eigenvalue weighted by Gasteiger charge is 2.19. The van der Waals surface area contributed by atoms with Crippen molar-refractivity contribution >= 4 is 34.2 Å². The number of hydrogen-bond acceptors (Lipinski definition) is 4. The molecule has 7 nitrogen and oxygen atoms in total. The zero-order chi connectivity index (χ0) is 20.8. The van der Waals surface area contributed by atoms with Crippen molar-refractivity contribution in [2.24, 2.45) is 0 Å². The van der Waals surface area contributed by atoms with Crippen molar-refractivity contribution in [3.63, 3.8) is 0 Å². The van der Waals surface area contributed by atoms with Gasteiger partial charge in [-0.15, -0.1) is 0 Å². The molecule has 0 bridgehead atoms. The molecule has 1 amide bonds. The average Bonchev–Trinajstić information content (AvgIpc) is 3.14. The van der Waals surface area contributed by atoms with Gasteiger partial charge in [-0.3, -0.25) is 0 Å². The predicted molar refractivity (Wildman–Crippen MR) is 116 cm³/mol. The molecule has 29 heavy (non-hydrogen) atoms. The number of methoxy groups -OCH3 is 2. The zero-order valence-electron chi connectivity index (χ0n) is 16.2. The fourth-order valence-corrected chi connectivity index (χ4v) is 3.40. The lowest BCUT2D eigenvalue weighted by Gasteiger charge is -2.20. The summed E-state index contributed by atoms with van der Waals surface area (Å²) in [5.74, 6) is 1.36. The Bertz CT molecular complexity index is 1020. The van der Waals surface area contributed by atoms with Crippen LogP contribution in [0, 0.1) is 0 Å². The number of rotatable bonds is 8. The molecule has 0 spiro atoms. The third-order valence-electron chi connectivity index (χ3n) is 4.66. The Labute approximate surface area is 174 Å². The number of hydrogen-bond donors (Lipinski definition) is 4. The van der Waals surface area contributed by atoms with Crippen molar-refractivity contribution in [3.8, 4) is 11.5 Å². The van der Waals surface area contributed by atoms with Gasteiger partial charge in [0.05, 0.1) is 25.2 Å². The number of para-hydroxylation sites is 1. The second-order valence-corrected chi connectivity index (χ2v) is 6.90. The van der Waals surface area contributed by atoms with Crippen LogP contribution in [0.2, 0.25) is 0 Å². The molecule has 2 aromatic carbocycles. The van der Waals surface area contributed by atoms with E-state index in [4.69, 9.17) is 21.7 Å². The van der Waals surface area contributed by atoms with E-state index in [1.165, 1.54) is 0 Å². The normalized spacial score (nSPS) is 11.7. The van der Waals surface area contributed by atoms with E-state index in [-0.39, 0.29) is 0 Å². The Balaban J connectivity index is 1.73. The molecule has 1 heterocycles. The van der Waals surface area contributed by atoms with Crippen LogP contribution in [-0.2, 0) is 13.0 Å². The number of carbonyl (C=O) groups is 1. The highest BCUT2D eigenvalue weighted by molar-refractivity contribution is 7.80. The number of thiocarbonyl (C=S) groups is 1. The molecule has 1 aromatic heterocycles. The van der Waals surface area contributed by atoms with Crippen molar-refractivity contribution in [2.75, 3.05) is 14.2 Å². The first-order chi connectivity index (χ1) is 14.0. The lowest BCUT2D eigenvalue weighted by Crippen LogP contribution is -2.46. The van der Waals surface area contributed by atoms with Crippen LogP contribution >= 0.6 is 12.2 Å². The van der Waals surface area contributed by atoms with Gasteiger partial charge in [0.15, 0.2) is 0 Å². The molecule has 0 aliphatic heterocycles. The molecule has 0 unspecified atom stereocenters. The Hall–Kier alpha value is -3.26. The summed E-state index contributed by atoms with van der Waals surface area (Å²) in [5, 5.41) is 16.0. The van der Waals surface area contributed by atoms with E-state index in [0.717, 1.165) is 22.0 Å². The van der Waals surface area contributed by atoms with Crippen LogP contribution in [0.5, 0.6) is 11.5 Å². The monoisotopic (exact) mass is 413 g/mol. The van der Waals surface area contributed by atoms with E-state index < -0.39 is 12.1 Å². The minimum Gasteiger partial charge on any atom is -0.497 e. The number of H-pyrrole nitrogens is 1. The van der Waals surface area contributed by atoms with Gasteiger partial charge in [0.2, 0.25) is 0 Å². The summed E-state index contributed by atoms with van der Waals surface area (Å²) in [6, 6.07) is 12.8. The largest absolute Gasteiger partial charge is 0.497 e. The molecule has 0 saturated heterocycles. The molecule has 8 heteroatoms. The van der Waals surface area contributed by atoms with Crippen LogP contribution < -0.4 is 20.1 Å². The number of carboxylic acid groups (broad SMARTS) is 1. The summed E-state index contributed by atoms with van der Waals surface area (Å²) in [6.45, 7) is 0.400. The first kappa shape index (κ1) is 20.5. The molecule has 4 N–H and O–H groups in total. The molecule has 0 aliphatic carbocycles. The minimum atomic E-state index is -1.12. The smallest absolute Gasteiger partial charge is 0.405 e. The standard InChI is InChI=1S/C21H23N3O4S/c1-27-15-8-7-13(19(10-15)28-2)11-23-20(29)18(24-21(25)26)9-14-12-22-17-6-4-3-5-16(14)17/h3-8,10,12,18,22,24H,9,11H2,1-2H3,(H,23,29)(H,25,26)/t18-/m1/s1. The lowest BCUT2D eigenvalue weighted by molar-refractivity contribution is 0.192. The van der Waals surface area contributed by atoms with E-state index in [9.17, 15) is 9.90 Å². The second kappa shape index (κ2) is 9.29. The third-order valence-corrected chi connectivity index (χ3v) is 5.09. The Kier molecular flexibility index (Phi) is 6.56. The molecule has 0 fully saturated rings. The predicted octanol–water partition coefficient (Wildman–Crippen LogP) is 3.48. The third kappa shape index (κ3) is 4.97. The first-order valence-electron chi connectivity index (χ1n) is 9.05. The molecular weight excluding hydrogens is 390 g/mol. The number of fused-ring (bicyclic) bond motifs is 1. The highest BCUT2D eigenvalue weighted by Crippen LogP contribution is 2.24. The van der Waals surface area contributed by atoms with Crippen LogP contribution in [0.1, 0.15) is 11.1 Å². The molecule has 0 aliphatic rings. The SMILES string of the molecule is COc1ccc(CNC(=S)[C@@H](Cc2c[nH]c3ccccc23)NC(=O)O)c(OC)c1. The van der Waals surface area contributed by atoms with Gasteiger partial charge in [-0.05, 0) is 23.8 Å². The van der Waals surface area contributed by atoms with E-state index >= 15 is 0 Å². The Morgan fingerprint density at radius 2 is 1.97 bits per heavy atom. The summed E-state index contributed by atoms with van der Waals surface area (Å²) in [7, 11) is 3.18. The molecular formula is C21H23N3O4S. The van der Waals surface area contributed by atoms with Crippen molar-refractivity contribution in [1.29, 1.82) is 0 Å². The number of benzene rings is 2. The van der Waals surface area contributed by atoms with Gasteiger partial charge in [-0.2, -0.15) is 0 Å². The zero-order valence-corrected chi connectivity index (χ0v) is 17.0. The topological polar surface area (TPSA) is 95.6 Å². The second-order valence-electron chi connectivity index (χ2n) is 6.46. The van der Waals surface area contributed by atoms with Crippen molar-refractivity contribution in [3.05, 3.63) is 59.8 Å². The van der Waals surface area contributed by atoms with Crippen molar-refractivity contribution in [1.82, 2.24) is 15.6 Å². The number of nitrogens with one attached hydrogen (secondary N) is 3. The van der Waals surface area contributed by atoms with Crippen LogP contribution in [0.25, 0.3) is 10.9 Å². The molecule has 3 aromatic rings. The summed E-state index contributed by atoms with van der Waals surface area (Å²) in [6.07, 6.45) is 1.19. The maximum Gasteiger partial charge on any atom is 0.405 e. The van der Waals surface area contributed by atoms with Crippen LogP contribution in [0.15, 0.2) is 48.7 Å². The molecule has 3 rings (SSSR count). The van der Waals surface area contributed by atoms with Gasteiger partial charge < -0.3 is 30.2 Å². The van der Waals surface area contributed by atoms with Gasteiger partial charge in [-0.25, -0.2) is 4.79 Å². The van der Waals surface area contributed by atoms with Gasteiger partial charge in [-0.1, -0.05) is 30.4 Å². The van der Waals surface area contributed by atoms with E-state index in [2.05, 4.69) is 15.6 Å². The van der Waals surface area contributed by atoms with Crippen LogP contribution in [0.3, 0.4) is 0 Å². The van der Waals surface area contributed by atoms with Gasteiger partial charge >= 0.3 is 6.09 Å². The van der Waals surface area contributed by atoms with E-state index in [0.29, 0.717) is 29.5 Å². The quantitative estimate of drug-likeness (QED) is 0.422. The summed E-state index contributed by atoms with van der Waals surface area (Å²) < 4.78 is 10.6. The first-order valence-corrected chi connectivity index (χ1v) is 9.45. The van der Waals surface area contributed by atoms with Crippen molar-refractivity contribution in [2.45, 2.75) is 19.0 Å². The molecule has 152 valence electrons. The maximum atomic E-state index is 11.3. The fourth-order valence-electron chi connectivity index (χ4n) is 3.18. The van der Waals surface area contributed by atoms with Crippen LogP contribution in [-0.4, -0.2) is 41.4 Å². The number of ether oxygens (including phenoxy) is 2. The average molecular weight is 413 g/mol. The molecule has 0 saturated carbocycles. The summed E-state index contributed by atoms with van der Waals surface area (Å²) in [5.41, 5.74) is 2.88. The van der Waals surface area contributed by atoms with Crippen molar-refractivity contribution < 1.29 is 19.4 Å². The summed E-state index contributed by atoms with van der Waals surface area (Å²) in [4.78, 5) is 14.9. The highest BCUT2D eigenvalue weighted by atomic mass is 32.1. The van der Waals surface area contributed by atoms with E-state index in [1.807, 2.05) is 42.6 Å². The Morgan fingerprint density at radius 3 is 2.69 bits per heavy atom. The van der Waals surface area contributed by atoms with Gasteiger partial charge in [0.25, 0.3) is 0 Å². The number of aromatic nitrogens is 1.